The van der Waals surface area contributed by atoms with Gasteiger partial charge in [-0.1, -0.05) is 17.3 Å². The van der Waals surface area contributed by atoms with E-state index in [1.807, 2.05) is 19.9 Å². The highest BCUT2D eigenvalue weighted by Crippen LogP contribution is 2.17. The Morgan fingerprint density at radius 1 is 1.23 bits per heavy atom. The molecule has 0 aliphatic rings. The van der Waals surface area contributed by atoms with Crippen LogP contribution >= 0.6 is 0 Å². The van der Waals surface area contributed by atoms with Gasteiger partial charge in [0.25, 0.3) is 0 Å². The molecule has 0 aliphatic carbocycles. The van der Waals surface area contributed by atoms with Crippen molar-refractivity contribution in [2.24, 2.45) is 0 Å². The van der Waals surface area contributed by atoms with E-state index in [4.69, 9.17) is 4.52 Å². The van der Waals surface area contributed by atoms with Gasteiger partial charge in [0.15, 0.2) is 0 Å². The quantitative estimate of drug-likeness (QED) is 0.796. The van der Waals surface area contributed by atoms with Crippen LogP contribution in [0.2, 0.25) is 0 Å². The number of aromatic nitrogens is 1. The van der Waals surface area contributed by atoms with Gasteiger partial charge in [-0.2, -0.15) is 0 Å². The van der Waals surface area contributed by atoms with Gasteiger partial charge in [0.2, 0.25) is 15.9 Å². The van der Waals surface area contributed by atoms with Crippen molar-refractivity contribution in [3.63, 3.8) is 0 Å². The lowest BCUT2D eigenvalue weighted by Gasteiger charge is -2.17. The zero-order valence-corrected chi connectivity index (χ0v) is 16.6. The van der Waals surface area contributed by atoms with Crippen molar-refractivity contribution in [1.82, 2.24) is 14.8 Å². The summed E-state index contributed by atoms with van der Waals surface area (Å²) in [4.78, 5) is 14.1. The van der Waals surface area contributed by atoms with Crippen molar-refractivity contribution in [3.05, 3.63) is 46.3 Å². The summed E-state index contributed by atoms with van der Waals surface area (Å²) in [7, 11) is -1.97. The molecule has 1 amide bonds. The Morgan fingerprint density at radius 3 is 2.54 bits per heavy atom. The minimum Gasteiger partial charge on any atom is -0.361 e. The Kier molecular flexibility index (Phi) is 6.20. The van der Waals surface area contributed by atoms with Crippen molar-refractivity contribution >= 4 is 15.9 Å². The molecule has 0 spiro atoms. The zero-order chi connectivity index (χ0) is 19.5. The topological polar surface area (TPSA) is 92.5 Å². The predicted molar refractivity (Wildman–Crippen MR) is 98.2 cm³/mol. The maximum atomic E-state index is 12.4. The number of benzene rings is 1. The number of rotatable bonds is 7. The van der Waals surface area contributed by atoms with Gasteiger partial charge >= 0.3 is 0 Å². The van der Waals surface area contributed by atoms with Gasteiger partial charge in [-0.3, -0.25) is 4.79 Å². The molecule has 0 fully saturated rings. The molecule has 0 radical (unpaired) electrons. The van der Waals surface area contributed by atoms with E-state index < -0.39 is 10.0 Å². The van der Waals surface area contributed by atoms with E-state index >= 15 is 0 Å². The second-order valence-electron chi connectivity index (χ2n) is 6.47. The lowest BCUT2D eigenvalue weighted by atomic mass is 10.2. The van der Waals surface area contributed by atoms with Crippen LogP contribution < -0.4 is 4.72 Å². The largest absolute Gasteiger partial charge is 0.361 e. The summed E-state index contributed by atoms with van der Waals surface area (Å²) in [5.41, 5.74) is 3.16. The maximum absolute atomic E-state index is 12.4. The third kappa shape index (κ3) is 4.70. The molecule has 1 aromatic heterocycles. The van der Waals surface area contributed by atoms with Crippen molar-refractivity contribution in [1.29, 1.82) is 0 Å². The first kappa shape index (κ1) is 20.1. The molecule has 1 aromatic carbocycles. The number of aryl methyl sites for hydroxylation is 4. The zero-order valence-electron chi connectivity index (χ0n) is 15.8. The van der Waals surface area contributed by atoms with E-state index in [2.05, 4.69) is 9.88 Å². The molecule has 1 heterocycles. The van der Waals surface area contributed by atoms with Crippen LogP contribution in [-0.2, 0) is 21.4 Å². The molecule has 2 aromatic rings. The Morgan fingerprint density at radius 2 is 1.92 bits per heavy atom. The lowest BCUT2D eigenvalue weighted by molar-refractivity contribution is -0.130. The Labute approximate surface area is 154 Å². The highest BCUT2D eigenvalue weighted by Gasteiger charge is 2.19. The summed E-state index contributed by atoms with van der Waals surface area (Å²) in [5.74, 6) is 0.520. The number of carbonyl (C=O) groups is 1. The van der Waals surface area contributed by atoms with Crippen LogP contribution in [0.3, 0.4) is 0 Å². The van der Waals surface area contributed by atoms with Crippen LogP contribution in [0, 0.1) is 27.7 Å². The Balaban J connectivity index is 1.94. The first-order valence-electron chi connectivity index (χ1n) is 8.34. The minimum absolute atomic E-state index is 0.0422. The van der Waals surface area contributed by atoms with Gasteiger partial charge in [-0.05, 0) is 44.9 Å². The van der Waals surface area contributed by atoms with Crippen LogP contribution in [0.25, 0.3) is 0 Å². The van der Waals surface area contributed by atoms with E-state index in [-0.39, 0.29) is 23.8 Å². The Bertz CT molecular complexity index is 884. The molecule has 0 saturated carbocycles. The number of nitrogens with zero attached hydrogens (tertiary/aromatic N) is 2. The van der Waals surface area contributed by atoms with Gasteiger partial charge in [0, 0.05) is 25.6 Å². The number of carbonyl (C=O) groups excluding carboxylic acids is 1. The monoisotopic (exact) mass is 379 g/mol. The first-order valence-corrected chi connectivity index (χ1v) is 9.82. The molecule has 0 unspecified atom stereocenters. The molecule has 0 bridgehead atoms. The number of sulfonamides is 1. The number of amides is 1. The summed E-state index contributed by atoms with van der Waals surface area (Å²) in [5, 5.41) is 3.87. The van der Waals surface area contributed by atoms with E-state index in [9.17, 15) is 13.2 Å². The molecule has 26 heavy (non-hydrogen) atoms. The van der Waals surface area contributed by atoms with Crippen molar-refractivity contribution in [3.8, 4) is 0 Å². The van der Waals surface area contributed by atoms with E-state index in [1.54, 1.807) is 37.9 Å². The standard InChI is InChI=1S/C18H25N3O4S/c1-12-6-7-13(2)17(10-12)26(23,24)19-9-8-18(22)21(5)11-16-14(3)20-25-15(16)4/h6-7,10,19H,8-9,11H2,1-5H3. The highest BCUT2D eigenvalue weighted by atomic mass is 32.2. The lowest BCUT2D eigenvalue weighted by Crippen LogP contribution is -2.32. The van der Waals surface area contributed by atoms with E-state index in [0.717, 1.165) is 16.8 Å². The number of hydrogen-bond acceptors (Lipinski definition) is 5. The molecular formula is C18H25N3O4S. The third-order valence-corrected chi connectivity index (χ3v) is 5.87. The van der Waals surface area contributed by atoms with Crippen molar-refractivity contribution in [2.45, 2.75) is 45.6 Å². The van der Waals surface area contributed by atoms with Gasteiger partial charge in [0.05, 0.1) is 17.1 Å². The molecule has 8 heteroatoms. The van der Waals surface area contributed by atoms with Crippen molar-refractivity contribution in [2.75, 3.05) is 13.6 Å². The molecule has 7 nitrogen and oxygen atoms in total. The average molecular weight is 379 g/mol. The van der Waals surface area contributed by atoms with E-state index in [0.29, 0.717) is 17.9 Å². The summed E-state index contributed by atoms with van der Waals surface area (Å²) in [6.07, 6.45) is 0.0734. The smallest absolute Gasteiger partial charge is 0.240 e. The highest BCUT2D eigenvalue weighted by molar-refractivity contribution is 7.89. The second-order valence-corrected chi connectivity index (χ2v) is 8.20. The van der Waals surface area contributed by atoms with Gasteiger partial charge in [-0.25, -0.2) is 13.1 Å². The fourth-order valence-corrected chi connectivity index (χ4v) is 3.97. The maximum Gasteiger partial charge on any atom is 0.240 e. The molecule has 142 valence electrons. The van der Waals surface area contributed by atoms with Crippen LogP contribution in [0.15, 0.2) is 27.6 Å². The fraction of sp³-hybridized carbons (Fsp3) is 0.444. The van der Waals surface area contributed by atoms with Crippen molar-refractivity contribution < 1.29 is 17.7 Å². The molecule has 0 atom stereocenters. The van der Waals surface area contributed by atoms with Crippen LogP contribution in [0.4, 0.5) is 0 Å². The molecule has 0 saturated heterocycles. The summed E-state index contributed by atoms with van der Waals surface area (Å²) < 4.78 is 32.5. The summed E-state index contributed by atoms with van der Waals surface area (Å²) >= 11 is 0. The number of nitrogens with one attached hydrogen (secondary N) is 1. The summed E-state index contributed by atoms with van der Waals surface area (Å²) in [6, 6.07) is 5.26. The van der Waals surface area contributed by atoms with Crippen LogP contribution in [-0.4, -0.2) is 38.0 Å². The second kappa shape index (κ2) is 8.01. The molecular weight excluding hydrogens is 354 g/mol. The predicted octanol–water partition coefficient (Wildman–Crippen LogP) is 2.24. The van der Waals surface area contributed by atoms with Gasteiger partial charge < -0.3 is 9.42 Å². The number of hydrogen-bond donors (Lipinski definition) is 1. The SMILES string of the molecule is Cc1ccc(C)c(S(=O)(=O)NCCC(=O)N(C)Cc2c(C)noc2C)c1. The normalized spacial score (nSPS) is 11.6. The molecule has 2 rings (SSSR count). The van der Waals surface area contributed by atoms with E-state index in [1.165, 1.54) is 0 Å². The van der Waals surface area contributed by atoms with Gasteiger partial charge in [0.1, 0.15) is 5.76 Å². The minimum atomic E-state index is -3.64. The van der Waals surface area contributed by atoms with Crippen LogP contribution in [0.5, 0.6) is 0 Å². The molecule has 1 N–H and O–H groups in total. The third-order valence-electron chi connectivity index (χ3n) is 4.27. The average Bonchev–Trinajstić information content (AvgIpc) is 2.88. The Hall–Kier alpha value is -2.19. The molecule has 0 aliphatic heterocycles. The van der Waals surface area contributed by atoms with Crippen LogP contribution in [0.1, 0.15) is 34.6 Å². The summed E-state index contributed by atoms with van der Waals surface area (Å²) in [6.45, 7) is 7.63. The fourth-order valence-electron chi connectivity index (χ4n) is 2.61. The first-order chi connectivity index (χ1) is 12.1. The van der Waals surface area contributed by atoms with Gasteiger partial charge in [-0.15, -0.1) is 0 Å².